The van der Waals surface area contributed by atoms with Gasteiger partial charge in [0.2, 0.25) is 0 Å². The van der Waals surface area contributed by atoms with E-state index in [-0.39, 0.29) is 0 Å². The Morgan fingerprint density at radius 2 is 0.950 bits per heavy atom. The SMILES string of the molecule is c1ccc(NN(c2ccccc2)c2cccc(-c3ccc4ccccc4c3)c2-c2ccc3ccccc3c2)cc1. The summed E-state index contributed by atoms with van der Waals surface area (Å²) in [5, 5.41) is 7.13. The lowest BCUT2D eigenvalue weighted by atomic mass is 9.90. The van der Waals surface area contributed by atoms with Crippen LogP contribution in [0.5, 0.6) is 0 Å². The van der Waals surface area contributed by atoms with E-state index in [0.29, 0.717) is 0 Å². The summed E-state index contributed by atoms with van der Waals surface area (Å²) >= 11 is 0. The smallest absolute Gasteiger partial charge is 0.0715 e. The number of fused-ring (bicyclic) bond motifs is 2. The molecule has 40 heavy (non-hydrogen) atoms. The summed E-state index contributed by atoms with van der Waals surface area (Å²) in [6, 6.07) is 58.1. The van der Waals surface area contributed by atoms with E-state index in [9.17, 15) is 0 Å². The van der Waals surface area contributed by atoms with E-state index in [4.69, 9.17) is 0 Å². The molecule has 2 heteroatoms. The molecule has 0 spiro atoms. The highest BCUT2D eigenvalue weighted by Gasteiger charge is 2.20. The maximum absolute atomic E-state index is 3.70. The molecule has 7 rings (SSSR count). The van der Waals surface area contributed by atoms with Crippen LogP contribution in [0.4, 0.5) is 17.1 Å². The second-order valence-corrected chi connectivity index (χ2v) is 9.97. The molecule has 0 bridgehead atoms. The van der Waals surface area contributed by atoms with E-state index in [1.54, 1.807) is 0 Å². The lowest BCUT2D eigenvalue weighted by molar-refractivity contribution is 1.16. The maximum atomic E-state index is 3.70. The number of rotatable bonds is 6. The minimum absolute atomic E-state index is 1.02. The average Bonchev–Trinajstić information content (AvgIpc) is 3.04. The van der Waals surface area contributed by atoms with E-state index < -0.39 is 0 Å². The predicted octanol–water partition coefficient (Wildman–Crippen LogP) is 10.5. The Balaban J connectivity index is 1.49. The Morgan fingerprint density at radius 3 is 1.62 bits per heavy atom. The van der Waals surface area contributed by atoms with Gasteiger partial charge in [-0.15, -0.1) is 0 Å². The fraction of sp³-hybridized carbons (Fsp3) is 0. The van der Waals surface area contributed by atoms with Gasteiger partial charge in [0.1, 0.15) is 0 Å². The van der Waals surface area contributed by atoms with Crippen molar-refractivity contribution in [1.29, 1.82) is 0 Å². The van der Waals surface area contributed by atoms with Gasteiger partial charge in [0, 0.05) is 5.56 Å². The highest BCUT2D eigenvalue weighted by molar-refractivity contribution is 5.99. The molecule has 0 saturated heterocycles. The van der Waals surface area contributed by atoms with E-state index in [1.165, 1.54) is 43.8 Å². The Kier molecular flexibility index (Phi) is 6.20. The molecule has 7 aromatic rings. The Morgan fingerprint density at radius 1 is 0.400 bits per heavy atom. The molecule has 0 atom stereocenters. The summed E-state index contributed by atoms with van der Waals surface area (Å²) in [7, 11) is 0. The Labute approximate surface area is 234 Å². The second kappa shape index (κ2) is 10.4. The zero-order valence-corrected chi connectivity index (χ0v) is 22.0. The van der Waals surface area contributed by atoms with Crippen molar-refractivity contribution in [2.24, 2.45) is 0 Å². The van der Waals surface area contributed by atoms with Gasteiger partial charge in [-0.25, -0.2) is 0 Å². The zero-order chi connectivity index (χ0) is 26.7. The van der Waals surface area contributed by atoms with Gasteiger partial charge in [-0.2, -0.15) is 0 Å². The molecular formula is C38H28N2. The third-order valence-corrected chi connectivity index (χ3v) is 7.41. The van der Waals surface area contributed by atoms with Crippen LogP contribution in [0.25, 0.3) is 43.8 Å². The van der Waals surface area contributed by atoms with Crippen molar-refractivity contribution in [2.75, 3.05) is 10.4 Å². The second-order valence-electron chi connectivity index (χ2n) is 9.97. The minimum atomic E-state index is 1.02. The van der Waals surface area contributed by atoms with Gasteiger partial charge in [-0.3, -0.25) is 10.4 Å². The van der Waals surface area contributed by atoms with Crippen LogP contribution in [0.3, 0.4) is 0 Å². The first-order chi connectivity index (χ1) is 19.8. The highest BCUT2D eigenvalue weighted by atomic mass is 15.5. The summed E-state index contributed by atoms with van der Waals surface area (Å²) < 4.78 is 0. The molecule has 0 aliphatic carbocycles. The highest BCUT2D eigenvalue weighted by Crippen LogP contribution is 2.43. The van der Waals surface area contributed by atoms with Crippen molar-refractivity contribution in [2.45, 2.75) is 0 Å². The lowest BCUT2D eigenvalue weighted by Gasteiger charge is -2.30. The van der Waals surface area contributed by atoms with E-state index in [0.717, 1.165) is 17.1 Å². The van der Waals surface area contributed by atoms with E-state index in [2.05, 4.69) is 168 Å². The Hall–Kier alpha value is -5.34. The van der Waals surface area contributed by atoms with E-state index >= 15 is 0 Å². The monoisotopic (exact) mass is 512 g/mol. The van der Waals surface area contributed by atoms with Crippen LogP contribution in [0.15, 0.2) is 164 Å². The molecule has 0 amide bonds. The first-order valence-corrected chi connectivity index (χ1v) is 13.6. The van der Waals surface area contributed by atoms with Crippen molar-refractivity contribution in [3.63, 3.8) is 0 Å². The molecule has 0 fully saturated rings. The summed E-state index contributed by atoms with van der Waals surface area (Å²) in [6.07, 6.45) is 0. The van der Waals surface area contributed by atoms with Gasteiger partial charge in [0.15, 0.2) is 0 Å². The van der Waals surface area contributed by atoms with Crippen LogP contribution in [-0.2, 0) is 0 Å². The molecular weight excluding hydrogens is 484 g/mol. The number of nitrogens with zero attached hydrogens (tertiary/aromatic N) is 1. The van der Waals surface area contributed by atoms with Crippen molar-refractivity contribution < 1.29 is 0 Å². The van der Waals surface area contributed by atoms with Crippen LogP contribution in [-0.4, -0.2) is 0 Å². The van der Waals surface area contributed by atoms with Crippen LogP contribution < -0.4 is 10.4 Å². The zero-order valence-electron chi connectivity index (χ0n) is 22.0. The number of nitrogens with one attached hydrogen (secondary N) is 1. The fourth-order valence-corrected chi connectivity index (χ4v) is 5.45. The summed E-state index contributed by atoms with van der Waals surface area (Å²) in [5.41, 5.74) is 11.6. The van der Waals surface area contributed by atoms with Crippen molar-refractivity contribution >= 4 is 38.6 Å². The van der Waals surface area contributed by atoms with Gasteiger partial charge >= 0.3 is 0 Å². The minimum Gasteiger partial charge on any atom is -0.294 e. The van der Waals surface area contributed by atoms with Gasteiger partial charge < -0.3 is 0 Å². The topological polar surface area (TPSA) is 15.3 Å². The van der Waals surface area contributed by atoms with Gasteiger partial charge in [-0.05, 0) is 80.7 Å². The quantitative estimate of drug-likeness (QED) is 0.223. The Bertz CT molecular complexity index is 1930. The van der Waals surface area contributed by atoms with E-state index in [1.807, 2.05) is 6.07 Å². The van der Waals surface area contributed by atoms with Crippen LogP contribution in [0.2, 0.25) is 0 Å². The third-order valence-electron chi connectivity index (χ3n) is 7.41. The standard InChI is InChI=1S/C38H28N2/c1-3-16-34(17-4-1)39-40(35-18-5-2-6-19-35)37-21-11-20-36(32-24-22-28-12-7-9-14-30(28)26-32)38(37)33-25-23-29-13-8-10-15-31(29)27-33/h1-27,39H. The van der Waals surface area contributed by atoms with Crippen LogP contribution in [0, 0.1) is 0 Å². The fourth-order valence-electron chi connectivity index (χ4n) is 5.45. The van der Waals surface area contributed by atoms with Crippen LogP contribution >= 0.6 is 0 Å². The molecule has 0 heterocycles. The maximum Gasteiger partial charge on any atom is 0.0715 e. The molecule has 0 aliphatic heterocycles. The summed E-state index contributed by atoms with van der Waals surface area (Å²) in [6.45, 7) is 0. The largest absolute Gasteiger partial charge is 0.294 e. The summed E-state index contributed by atoms with van der Waals surface area (Å²) in [4.78, 5) is 0. The van der Waals surface area contributed by atoms with Crippen molar-refractivity contribution in [3.05, 3.63) is 164 Å². The summed E-state index contributed by atoms with van der Waals surface area (Å²) in [5.74, 6) is 0. The third kappa shape index (κ3) is 4.57. The molecule has 2 nitrogen and oxygen atoms in total. The number of hydrogen-bond acceptors (Lipinski definition) is 2. The van der Waals surface area contributed by atoms with Gasteiger partial charge in [-0.1, -0.05) is 121 Å². The lowest BCUT2D eigenvalue weighted by Crippen LogP contribution is -2.25. The number of anilines is 3. The van der Waals surface area contributed by atoms with Crippen molar-refractivity contribution in [3.8, 4) is 22.3 Å². The molecule has 0 aromatic heterocycles. The molecule has 0 unspecified atom stereocenters. The molecule has 0 aliphatic rings. The van der Waals surface area contributed by atoms with Crippen molar-refractivity contribution in [1.82, 2.24) is 0 Å². The van der Waals surface area contributed by atoms with Gasteiger partial charge in [0.05, 0.1) is 17.1 Å². The normalized spacial score (nSPS) is 11.0. The number of hydrazine groups is 1. The molecule has 0 radical (unpaired) electrons. The van der Waals surface area contributed by atoms with Crippen LogP contribution in [0.1, 0.15) is 0 Å². The van der Waals surface area contributed by atoms with Gasteiger partial charge in [0.25, 0.3) is 0 Å². The average molecular weight is 513 g/mol. The molecule has 190 valence electrons. The predicted molar refractivity (Wildman–Crippen MR) is 171 cm³/mol. The molecule has 7 aromatic carbocycles. The molecule has 1 N–H and O–H groups in total. The number of hydrogen-bond donors (Lipinski definition) is 1. The molecule has 0 saturated carbocycles. The first-order valence-electron chi connectivity index (χ1n) is 13.6. The number of para-hydroxylation sites is 2. The first kappa shape index (κ1) is 23.8. The number of benzene rings is 7.